The van der Waals surface area contributed by atoms with Crippen LogP contribution in [0.2, 0.25) is 0 Å². The van der Waals surface area contributed by atoms with Crippen LogP contribution in [0.3, 0.4) is 0 Å². The van der Waals surface area contributed by atoms with E-state index in [4.69, 9.17) is 5.11 Å². The second-order valence-corrected chi connectivity index (χ2v) is 11.4. The second kappa shape index (κ2) is 42.6. The maximum atomic E-state index is 10.3. The Morgan fingerprint density at radius 3 is 1.02 bits per heavy atom. The monoisotopic (exact) mass is 696 g/mol. The van der Waals surface area contributed by atoms with Crippen molar-refractivity contribution in [2.75, 3.05) is 0 Å². The molecular formula is C36H67CsO4. The predicted molar refractivity (Wildman–Crippen MR) is 172 cm³/mol. The minimum atomic E-state index is -0.914. The number of carboxylic acid groups (broad SMARTS) is 2. The molecule has 0 aromatic carbocycles. The number of carbonyl (C=O) groups is 2. The number of aliphatic carboxylic acids is 2. The average molecular weight is 697 g/mol. The zero-order valence-corrected chi connectivity index (χ0v) is 34.1. The Labute approximate surface area is 314 Å². The molecule has 0 amide bonds. The van der Waals surface area contributed by atoms with E-state index in [1.165, 1.54) is 135 Å². The summed E-state index contributed by atoms with van der Waals surface area (Å²) in [7, 11) is 0. The van der Waals surface area contributed by atoms with Gasteiger partial charge in [0.15, 0.2) is 0 Å². The molecule has 1 N–H and O–H groups in total. The molecule has 236 valence electrons. The van der Waals surface area contributed by atoms with Gasteiger partial charge < -0.3 is 15.0 Å². The molecule has 41 heavy (non-hydrogen) atoms. The summed E-state index contributed by atoms with van der Waals surface area (Å²) in [6.07, 6.45) is 42.1. The first-order valence-corrected chi connectivity index (χ1v) is 17.3. The number of unbranched alkanes of at least 4 members (excludes halogenated alkanes) is 22. The molecule has 0 saturated carbocycles. The third-order valence-electron chi connectivity index (χ3n) is 7.30. The van der Waals surface area contributed by atoms with Crippen LogP contribution in [0.15, 0.2) is 24.3 Å². The molecular weight excluding hydrogens is 629 g/mol. The van der Waals surface area contributed by atoms with Gasteiger partial charge in [0.05, 0.1) is 0 Å². The number of hydrogen-bond donors (Lipinski definition) is 1. The molecule has 0 saturated heterocycles. The van der Waals surface area contributed by atoms with Crippen LogP contribution in [-0.4, -0.2) is 17.0 Å². The molecule has 0 atom stereocenters. The van der Waals surface area contributed by atoms with Crippen LogP contribution in [0.4, 0.5) is 0 Å². The Hall–Kier alpha value is 0.472. The van der Waals surface area contributed by atoms with Gasteiger partial charge >= 0.3 is 74.9 Å². The number of allylic oxidation sites excluding steroid dienone is 4. The molecule has 0 rings (SSSR count). The molecule has 0 aromatic heterocycles. The van der Waals surface area contributed by atoms with Crippen molar-refractivity contribution in [3.8, 4) is 0 Å². The van der Waals surface area contributed by atoms with Gasteiger partial charge in [-0.1, -0.05) is 141 Å². The fourth-order valence-corrected chi connectivity index (χ4v) is 4.69. The topological polar surface area (TPSA) is 77.4 Å². The summed E-state index contributed by atoms with van der Waals surface area (Å²) in [5, 5.41) is 18.7. The fourth-order valence-electron chi connectivity index (χ4n) is 4.69. The van der Waals surface area contributed by atoms with E-state index in [-0.39, 0.29) is 75.3 Å². The quantitative estimate of drug-likeness (QED) is 0.0613. The summed E-state index contributed by atoms with van der Waals surface area (Å²) < 4.78 is 0. The molecule has 0 spiro atoms. The maximum Gasteiger partial charge on any atom is 1.00 e. The van der Waals surface area contributed by atoms with Crippen LogP contribution in [0.5, 0.6) is 0 Å². The van der Waals surface area contributed by atoms with Crippen molar-refractivity contribution < 1.29 is 88.7 Å². The summed E-state index contributed by atoms with van der Waals surface area (Å²) in [4.78, 5) is 20.5. The van der Waals surface area contributed by atoms with E-state index in [0.29, 0.717) is 6.42 Å². The molecule has 0 radical (unpaired) electrons. The molecule has 0 aromatic rings. The van der Waals surface area contributed by atoms with Crippen molar-refractivity contribution >= 4 is 11.9 Å². The van der Waals surface area contributed by atoms with Crippen LogP contribution in [0.25, 0.3) is 0 Å². The Bertz CT molecular complexity index is 524. The second-order valence-electron chi connectivity index (χ2n) is 11.4. The van der Waals surface area contributed by atoms with E-state index in [1.54, 1.807) is 0 Å². The van der Waals surface area contributed by atoms with E-state index in [9.17, 15) is 14.7 Å². The zero-order chi connectivity index (χ0) is 29.8. The normalized spacial score (nSPS) is 11.0. The third-order valence-corrected chi connectivity index (χ3v) is 7.30. The molecule has 0 aliphatic rings. The minimum Gasteiger partial charge on any atom is -0.550 e. The van der Waals surface area contributed by atoms with Crippen molar-refractivity contribution in [2.45, 2.75) is 194 Å². The van der Waals surface area contributed by atoms with E-state index in [0.717, 1.165) is 32.1 Å². The molecule has 0 bridgehead atoms. The summed E-state index contributed by atoms with van der Waals surface area (Å²) in [6, 6.07) is 0. The van der Waals surface area contributed by atoms with Gasteiger partial charge in [-0.2, -0.15) is 0 Å². The Balaban J connectivity index is -0.000000688. The van der Waals surface area contributed by atoms with Gasteiger partial charge in [-0.3, -0.25) is 4.79 Å². The molecule has 0 heterocycles. The third kappa shape index (κ3) is 50.4. The van der Waals surface area contributed by atoms with Crippen molar-refractivity contribution in [1.82, 2.24) is 0 Å². The standard InChI is InChI=1S/2C18H34O2.Cs/c2*1-2-3-4-5-6-7-8-9-10-11-12-13-14-15-16-17-18(19)20;/h2*9-10H,2-8,11-17H2,1H3,(H,19,20);/q;;+1/p-1/b2*10-9-;. The smallest absolute Gasteiger partial charge is 0.550 e. The molecule has 0 fully saturated rings. The van der Waals surface area contributed by atoms with Gasteiger partial charge in [0, 0.05) is 12.4 Å². The first-order chi connectivity index (χ1) is 19.5. The van der Waals surface area contributed by atoms with E-state index >= 15 is 0 Å². The summed E-state index contributed by atoms with van der Waals surface area (Å²) >= 11 is 0. The van der Waals surface area contributed by atoms with E-state index < -0.39 is 11.9 Å². The molecule has 0 aliphatic carbocycles. The summed E-state index contributed by atoms with van der Waals surface area (Å²) in [5.41, 5.74) is 0. The Morgan fingerprint density at radius 2 is 0.732 bits per heavy atom. The minimum absolute atomic E-state index is 0. The molecule has 4 nitrogen and oxygen atoms in total. The number of rotatable bonds is 30. The van der Waals surface area contributed by atoms with E-state index in [1.807, 2.05) is 0 Å². The number of hydrogen-bond acceptors (Lipinski definition) is 3. The Kier molecular flexibility index (Phi) is 47.7. The van der Waals surface area contributed by atoms with Gasteiger partial charge in [0.2, 0.25) is 0 Å². The first kappa shape index (κ1) is 45.9. The summed E-state index contributed by atoms with van der Waals surface area (Å²) in [6.45, 7) is 4.51. The SMILES string of the molecule is CCCCCCCC/C=C\CCCCCCCC(=O)O.CCCCCCCC/C=C\CCCCCCCC(=O)[O-].[Cs+]. The van der Waals surface area contributed by atoms with Crippen LogP contribution in [0, 0.1) is 0 Å². The predicted octanol–water partition coefficient (Wildman–Crippen LogP) is 7.89. The average Bonchev–Trinajstić information content (AvgIpc) is 2.93. The van der Waals surface area contributed by atoms with Gasteiger partial charge in [-0.15, -0.1) is 0 Å². The van der Waals surface area contributed by atoms with Crippen LogP contribution < -0.4 is 74.0 Å². The van der Waals surface area contributed by atoms with Crippen LogP contribution >= 0.6 is 0 Å². The number of carboxylic acids is 2. The molecule has 5 heteroatoms. The molecule has 0 unspecified atom stereocenters. The van der Waals surface area contributed by atoms with Crippen LogP contribution in [0.1, 0.15) is 194 Å². The van der Waals surface area contributed by atoms with Gasteiger partial charge in [0.1, 0.15) is 0 Å². The maximum absolute atomic E-state index is 10.3. The van der Waals surface area contributed by atoms with Gasteiger partial charge in [-0.25, -0.2) is 0 Å². The largest absolute Gasteiger partial charge is 1.00 e. The van der Waals surface area contributed by atoms with E-state index in [2.05, 4.69) is 38.2 Å². The van der Waals surface area contributed by atoms with Crippen molar-refractivity contribution in [3.63, 3.8) is 0 Å². The summed E-state index contributed by atoms with van der Waals surface area (Å²) in [5.74, 6) is -1.58. The first-order valence-electron chi connectivity index (χ1n) is 17.3. The zero-order valence-electron chi connectivity index (χ0n) is 27.8. The van der Waals surface area contributed by atoms with Crippen molar-refractivity contribution in [3.05, 3.63) is 24.3 Å². The number of carbonyl (C=O) groups excluding carboxylic acids is 1. The van der Waals surface area contributed by atoms with Gasteiger partial charge in [0.25, 0.3) is 0 Å². The van der Waals surface area contributed by atoms with Crippen molar-refractivity contribution in [1.29, 1.82) is 0 Å². The van der Waals surface area contributed by atoms with Crippen molar-refractivity contribution in [2.24, 2.45) is 0 Å². The van der Waals surface area contributed by atoms with Gasteiger partial charge in [-0.05, 0) is 70.6 Å². The molecule has 0 aliphatic heterocycles. The van der Waals surface area contributed by atoms with Crippen LogP contribution in [-0.2, 0) is 9.59 Å². The Morgan fingerprint density at radius 1 is 0.463 bits per heavy atom. The fraction of sp³-hybridized carbons (Fsp3) is 0.833.